The van der Waals surface area contributed by atoms with E-state index in [0.717, 1.165) is 6.42 Å². The largest absolute Gasteiger partial charge is 0.497 e. The number of carbonyl (C=O) groups excluding carboxylic acids is 2. The van der Waals surface area contributed by atoms with Gasteiger partial charge in [0.2, 0.25) is 0 Å². The Labute approximate surface area is 219 Å². The number of ether oxygens (including phenoxy) is 1. The van der Waals surface area contributed by atoms with Crippen LogP contribution in [0.5, 0.6) is 5.75 Å². The van der Waals surface area contributed by atoms with E-state index in [2.05, 4.69) is 4.98 Å². The van der Waals surface area contributed by atoms with Crippen LogP contribution in [0.15, 0.2) is 41.8 Å². The highest BCUT2D eigenvalue weighted by molar-refractivity contribution is 7.92. The Morgan fingerprint density at radius 1 is 1.19 bits per heavy atom. The summed E-state index contributed by atoms with van der Waals surface area (Å²) in [6, 6.07) is 10.7. The maximum atomic E-state index is 13.3. The lowest BCUT2D eigenvalue weighted by Crippen LogP contribution is -2.35. The van der Waals surface area contributed by atoms with Gasteiger partial charge in [0.15, 0.2) is 21.7 Å². The maximum absolute atomic E-state index is 13.3. The van der Waals surface area contributed by atoms with Crippen molar-refractivity contribution in [3.8, 4) is 5.75 Å². The molecule has 1 atom stereocenters. The Balaban J connectivity index is 1.78. The van der Waals surface area contributed by atoms with Crippen LogP contribution in [0.3, 0.4) is 0 Å². The molecule has 11 heteroatoms. The first kappa shape index (κ1) is 28.0. The van der Waals surface area contributed by atoms with Crippen LogP contribution in [0.1, 0.15) is 50.3 Å². The molecule has 0 bridgehead atoms. The zero-order chi connectivity index (χ0) is 26.3. The van der Waals surface area contributed by atoms with Crippen LogP contribution in [0.25, 0.3) is 0 Å². The molecule has 2 aromatic heterocycles. The first-order chi connectivity index (χ1) is 17.1. The second-order valence-corrected chi connectivity index (χ2v) is 12.9. The van der Waals surface area contributed by atoms with Gasteiger partial charge < -0.3 is 14.7 Å². The van der Waals surface area contributed by atoms with Crippen molar-refractivity contribution >= 4 is 44.2 Å². The highest BCUT2D eigenvalue weighted by Gasteiger charge is 2.26. The first-order valence-electron chi connectivity index (χ1n) is 11.5. The predicted molar refractivity (Wildman–Crippen MR) is 142 cm³/mol. The van der Waals surface area contributed by atoms with E-state index in [-0.39, 0.29) is 18.0 Å². The number of Topliss-reactive ketones (excluding diaryl/α,β-unsaturated/α-hetero) is 1. The number of methoxy groups -OCH3 is 1. The van der Waals surface area contributed by atoms with Crippen LogP contribution in [0.2, 0.25) is 0 Å². The zero-order valence-electron chi connectivity index (χ0n) is 20.5. The molecule has 8 nitrogen and oxygen atoms in total. The summed E-state index contributed by atoms with van der Waals surface area (Å²) in [5.74, 6) is -1.12. The number of ketones is 1. The van der Waals surface area contributed by atoms with Crippen LogP contribution < -0.4 is 4.74 Å². The number of aliphatic hydroxyl groups is 1. The van der Waals surface area contributed by atoms with Gasteiger partial charge in [-0.1, -0.05) is 25.1 Å². The smallest absolute Gasteiger partial charge is 0.256 e. The van der Waals surface area contributed by atoms with Crippen LogP contribution in [0.4, 0.5) is 0 Å². The fourth-order valence-electron chi connectivity index (χ4n) is 3.58. The van der Waals surface area contributed by atoms with E-state index in [9.17, 15) is 23.1 Å². The summed E-state index contributed by atoms with van der Waals surface area (Å²) in [7, 11) is -1.94. The van der Waals surface area contributed by atoms with Crippen LogP contribution in [0, 0.1) is 6.92 Å². The number of carbonyl (C=O) groups is 2. The number of amides is 1. The van der Waals surface area contributed by atoms with Crippen molar-refractivity contribution in [2.45, 2.75) is 39.3 Å². The Morgan fingerprint density at radius 3 is 2.53 bits per heavy atom. The lowest BCUT2D eigenvalue weighted by atomic mass is 10.1. The normalized spacial score (nSPS) is 12.3. The highest BCUT2D eigenvalue weighted by Crippen LogP contribution is 2.24. The Kier molecular flexibility index (Phi) is 9.77. The van der Waals surface area contributed by atoms with E-state index in [1.807, 2.05) is 17.5 Å². The highest BCUT2D eigenvalue weighted by atomic mass is 32.2. The van der Waals surface area contributed by atoms with Crippen LogP contribution in [-0.4, -0.2) is 60.3 Å². The minimum atomic E-state index is -3.48. The van der Waals surface area contributed by atoms with Gasteiger partial charge in [-0.2, -0.15) is 0 Å². The number of hydrogen-bond donors (Lipinski definition) is 1. The number of thiophene rings is 1. The van der Waals surface area contributed by atoms with Crippen molar-refractivity contribution in [3.63, 3.8) is 0 Å². The molecule has 2 heterocycles. The molecule has 0 aliphatic heterocycles. The lowest BCUT2D eigenvalue weighted by molar-refractivity contribution is -0.141. The van der Waals surface area contributed by atoms with Gasteiger partial charge in [-0.25, -0.2) is 13.4 Å². The quantitative estimate of drug-likeness (QED) is 0.322. The number of thiazole rings is 1. The number of aryl methyl sites for hydroxylation is 2. The molecule has 3 aromatic rings. The van der Waals surface area contributed by atoms with Gasteiger partial charge in [0.05, 0.1) is 13.7 Å². The van der Waals surface area contributed by atoms with Crippen molar-refractivity contribution in [1.82, 2.24) is 9.88 Å². The molecule has 1 N–H and O–H groups in total. The van der Waals surface area contributed by atoms with Crippen molar-refractivity contribution in [3.05, 3.63) is 67.8 Å². The molecule has 1 aromatic carbocycles. The zero-order valence-corrected chi connectivity index (χ0v) is 22.9. The van der Waals surface area contributed by atoms with Gasteiger partial charge in [-0.3, -0.25) is 9.59 Å². The SMILES string of the molecule is CCS(=O)(=O)CC(=O)c1nc(CN(CCCc2cccs2)C(=O)[C@H](O)c2ccc(OC)cc2)sc1C. The second-order valence-electron chi connectivity index (χ2n) is 8.23. The summed E-state index contributed by atoms with van der Waals surface area (Å²) in [4.78, 5) is 33.6. The predicted octanol–water partition coefficient (Wildman–Crippen LogP) is 3.83. The molecule has 0 aliphatic carbocycles. The molecule has 0 unspecified atom stereocenters. The van der Waals surface area contributed by atoms with Crippen LogP contribution in [-0.2, 0) is 27.6 Å². The molecular formula is C25H30N2O6S3. The van der Waals surface area contributed by atoms with E-state index in [0.29, 0.717) is 34.2 Å². The summed E-state index contributed by atoms with van der Waals surface area (Å²) in [6.07, 6.45) is 0.108. The van der Waals surface area contributed by atoms with E-state index in [1.165, 1.54) is 28.0 Å². The van der Waals surface area contributed by atoms with Gasteiger partial charge in [-0.15, -0.1) is 22.7 Å². The number of rotatable bonds is 13. The molecule has 36 heavy (non-hydrogen) atoms. The molecule has 194 valence electrons. The van der Waals surface area contributed by atoms with E-state index < -0.39 is 33.4 Å². The van der Waals surface area contributed by atoms with Gasteiger partial charge in [-0.05, 0) is 48.9 Å². The number of sulfone groups is 1. The molecule has 0 fully saturated rings. The van der Waals surface area contributed by atoms with E-state index >= 15 is 0 Å². The fraction of sp³-hybridized carbons (Fsp3) is 0.400. The van der Waals surface area contributed by atoms with Crippen LogP contribution >= 0.6 is 22.7 Å². The van der Waals surface area contributed by atoms with Gasteiger partial charge in [0.25, 0.3) is 5.91 Å². The van der Waals surface area contributed by atoms with Gasteiger partial charge >= 0.3 is 0 Å². The summed E-state index contributed by atoms with van der Waals surface area (Å²) < 4.78 is 28.9. The number of benzene rings is 1. The average Bonchev–Trinajstić information content (AvgIpc) is 3.51. The van der Waals surface area contributed by atoms with Gasteiger partial charge in [0, 0.05) is 22.1 Å². The van der Waals surface area contributed by atoms with Crippen molar-refractivity contribution in [2.75, 3.05) is 25.2 Å². The number of aliphatic hydroxyl groups excluding tert-OH is 1. The number of aromatic nitrogens is 1. The third-order valence-electron chi connectivity index (χ3n) is 5.63. The monoisotopic (exact) mass is 550 g/mol. The Hall–Kier alpha value is -2.60. The molecule has 0 saturated carbocycles. The van der Waals surface area contributed by atoms with E-state index in [1.54, 1.807) is 49.6 Å². The van der Waals surface area contributed by atoms with Crippen molar-refractivity contribution in [2.24, 2.45) is 0 Å². The minimum Gasteiger partial charge on any atom is -0.497 e. The summed E-state index contributed by atoms with van der Waals surface area (Å²) in [5, 5.41) is 13.3. The molecule has 0 spiro atoms. The minimum absolute atomic E-state index is 0.107. The standard InChI is InChI=1S/C25H30N2O6S3/c1-4-36(31,32)16-21(28)23-17(2)35-22(26-23)15-27(13-5-7-20-8-6-14-34-20)25(30)24(29)18-9-11-19(33-3)12-10-18/h6,8-12,14,24,29H,4-5,7,13,15-16H2,1-3H3/t24-/m1/s1. The number of nitrogens with zero attached hydrogens (tertiary/aromatic N) is 2. The molecular weight excluding hydrogens is 520 g/mol. The summed E-state index contributed by atoms with van der Waals surface area (Å²) in [6.45, 7) is 3.70. The maximum Gasteiger partial charge on any atom is 0.256 e. The second kappa shape index (κ2) is 12.6. The fourth-order valence-corrected chi connectivity index (χ4v) is 6.04. The third-order valence-corrected chi connectivity index (χ3v) is 9.10. The van der Waals surface area contributed by atoms with Gasteiger partial charge in [0.1, 0.15) is 22.2 Å². The molecule has 1 amide bonds. The third kappa shape index (κ3) is 7.45. The summed E-state index contributed by atoms with van der Waals surface area (Å²) in [5.41, 5.74) is 0.564. The lowest BCUT2D eigenvalue weighted by Gasteiger charge is -2.24. The molecule has 3 rings (SSSR count). The molecule has 0 radical (unpaired) electrons. The number of hydrogen-bond acceptors (Lipinski definition) is 9. The van der Waals surface area contributed by atoms with Crippen molar-refractivity contribution in [1.29, 1.82) is 0 Å². The Morgan fingerprint density at radius 2 is 1.92 bits per heavy atom. The first-order valence-corrected chi connectivity index (χ1v) is 15.0. The Bertz CT molecular complexity index is 1270. The molecule has 0 saturated heterocycles. The van der Waals surface area contributed by atoms with Crippen molar-refractivity contribution < 1.29 is 27.9 Å². The average molecular weight is 551 g/mol. The summed E-state index contributed by atoms with van der Waals surface area (Å²) >= 11 is 2.90. The van der Waals surface area contributed by atoms with E-state index in [4.69, 9.17) is 4.74 Å². The molecule has 0 aliphatic rings. The topological polar surface area (TPSA) is 114 Å².